The van der Waals surface area contributed by atoms with Crippen LogP contribution in [0.2, 0.25) is 5.02 Å². The van der Waals surface area contributed by atoms with Crippen LogP contribution in [0.3, 0.4) is 0 Å². The number of nitrogens with zero attached hydrogens (tertiary/aromatic N) is 4. The maximum atomic E-state index is 5.94. The Hall–Kier alpha value is -3.09. The quantitative estimate of drug-likeness (QED) is 0.245. The van der Waals surface area contributed by atoms with E-state index in [1.807, 2.05) is 60.7 Å². The number of aromatic nitrogens is 3. The molecule has 1 heterocycles. The van der Waals surface area contributed by atoms with E-state index >= 15 is 0 Å². The van der Waals surface area contributed by atoms with E-state index in [9.17, 15) is 0 Å². The molecule has 4 aromatic rings. The minimum atomic E-state index is 0.551. The van der Waals surface area contributed by atoms with E-state index in [1.54, 1.807) is 29.0 Å². The van der Waals surface area contributed by atoms with Crippen molar-refractivity contribution in [2.75, 3.05) is 0 Å². The molecule has 5 nitrogen and oxygen atoms in total. The summed E-state index contributed by atoms with van der Waals surface area (Å²) in [7, 11) is 0. The van der Waals surface area contributed by atoms with Crippen LogP contribution < -0.4 is 4.74 Å². The van der Waals surface area contributed by atoms with E-state index in [1.165, 1.54) is 11.1 Å². The maximum Gasteiger partial charge on any atom is 0.212 e. The number of benzene rings is 3. The van der Waals surface area contributed by atoms with Crippen LogP contribution in [0.4, 0.5) is 0 Å². The first kappa shape index (κ1) is 21.2. The number of thioether (sulfide) groups is 1. The number of rotatable bonds is 8. The SMILES string of the molecule is Cc1ccccc1COc1ccc(/C=N/n2cnnc2SCc2ccc(Cl)cc2)cc1. The van der Waals surface area contributed by atoms with Gasteiger partial charge in [0, 0.05) is 10.8 Å². The molecule has 0 fully saturated rings. The van der Waals surface area contributed by atoms with Crippen molar-refractivity contribution in [3.05, 3.63) is 106 Å². The normalized spacial score (nSPS) is 11.2. The lowest BCUT2D eigenvalue weighted by Gasteiger charge is -2.08. The molecule has 31 heavy (non-hydrogen) atoms. The molecule has 0 atom stereocenters. The van der Waals surface area contributed by atoms with Gasteiger partial charge in [0.05, 0.1) is 6.21 Å². The monoisotopic (exact) mass is 448 g/mol. The fraction of sp³-hybridized carbons (Fsp3) is 0.125. The zero-order valence-corrected chi connectivity index (χ0v) is 18.6. The van der Waals surface area contributed by atoms with Crippen molar-refractivity contribution in [3.8, 4) is 5.75 Å². The van der Waals surface area contributed by atoms with Crippen LogP contribution in [0.15, 0.2) is 89.4 Å². The minimum Gasteiger partial charge on any atom is -0.489 e. The molecule has 7 heteroatoms. The molecule has 0 aliphatic rings. The fourth-order valence-corrected chi connectivity index (χ4v) is 3.78. The average Bonchev–Trinajstić information content (AvgIpc) is 3.25. The largest absolute Gasteiger partial charge is 0.489 e. The van der Waals surface area contributed by atoms with Gasteiger partial charge in [-0.3, -0.25) is 0 Å². The number of aryl methyl sites for hydroxylation is 1. The van der Waals surface area contributed by atoms with Crippen molar-refractivity contribution in [2.24, 2.45) is 5.10 Å². The number of halogens is 1. The topological polar surface area (TPSA) is 52.3 Å². The molecule has 0 radical (unpaired) electrons. The van der Waals surface area contributed by atoms with E-state index in [-0.39, 0.29) is 0 Å². The molecule has 0 N–H and O–H groups in total. The Bertz CT molecular complexity index is 1160. The summed E-state index contributed by atoms with van der Waals surface area (Å²) in [5.74, 6) is 1.59. The van der Waals surface area contributed by atoms with Crippen molar-refractivity contribution in [1.29, 1.82) is 0 Å². The Kier molecular flexibility index (Phi) is 7.02. The first-order chi connectivity index (χ1) is 15.2. The van der Waals surface area contributed by atoms with Crippen LogP contribution in [0, 0.1) is 6.92 Å². The van der Waals surface area contributed by atoms with Crippen LogP contribution in [0.1, 0.15) is 22.3 Å². The minimum absolute atomic E-state index is 0.551. The van der Waals surface area contributed by atoms with Gasteiger partial charge in [-0.1, -0.05) is 59.8 Å². The highest BCUT2D eigenvalue weighted by Gasteiger charge is 2.05. The molecule has 3 aromatic carbocycles. The van der Waals surface area contributed by atoms with Gasteiger partial charge in [-0.15, -0.1) is 10.2 Å². The van der Waals surface area contributed by atoms with E-state index in [0.29, 0.717) is 6.61 Å². The van der Waals surface area contributed by atoms with Gasteiger partial charge in [-0.25, -0.2) is 0 Å². The van der Waals surface area contributed by atoms with Crippen molar-refractivity contribution < 1.29 is 4.74 Å². The molecule has 1 aromatic heterocycles. The van der Waals surface area contributed by atoms with Crippen molar-refractivity contribution in [1.82, 2.24) is 14.9 Å². The molecule has 0 aliphatic heterocycles. The third-order valence-electron chi connectivity index (χ3n) is 4.65. The first-order valence-electron chi connectivity index (χ1n) is 9.76. The van der Waals surface area contributed by atoms with E-state index in [2.05, 4.69) is 34.4 Å². The molecule has 0 saturated heterocycles. The summed E-state index contributed by atoms with van der Waals surface area (Å²) >= 11 is 7.51. The summed E-state index contributed by atoms with van der Waals surface area (Å²) in [5.41, 5.74) is 4.54. The summed E-state index contributed by atoms with van der Waals surface area (Å²) in [4.78, 5) is 0. The number of hydrogen-bond acceptors (Lipinski definition) is 5. The summed E-state index contributed by atoms with van der Waals surface area (Å²) < 4.78 is 7.57. The summed E-state index contributed by atoms with van der Waals surface area (Å²) in [6.45, 7) is 2.64. The Morgan fingerprint density at radius 1 is 1.03 bits per heavy atom. The molecule has 0 saturated carbocycles. The lowest BCUT2D eigenvalue weighted by atomic mass is 10.1. The smallest absolute Gasteiger partial charge is 0.212 e. The Labute approximate surface area is 190 Å². The lowest BCUT2D eigenvalue weighted by molar-refractivity contribution is 0.305. The molecule has 0 bridgehead atoms. The van der Waals surface area contributed by atoms with Crippen molar-refractivity contribution >= 4 is 29.6 Å². The highest BCUT2D eigenvalue weighted by Crippen LogP contribution is 2.22. The van der Waals surface area contributed by atoms with Crippen LogP contribution >= 0.6 is 23.4 Å². The lowest BCUT2D eigenvalue weighted by Crippen LogP contribution is -1.97. The Morgan fingerprint density at radius 3 is 2.58 bits per heavy atom. The highest BCUT2D eigenvalue weighted by atomic mass is 35.5. The molecular weight excluding hydrogens is 428 g/mol. The molecule has 0 amide bonds. The van der Waals surface area contributed by atoms with Crippen LogP contribution in [-0.4, -0.2) is 21.1 Å². The molecule has 4 rings (SSSR count). The summed E-state index contributed by atoms with van der Waals surface area (Å²) in [5, 5.41) is 14.1. The summed E-state index contributed by atoms with van der Waals surface area (Å²) in [6.07, 6.45) is 3.38. The van der Waals surface area contributed by atoms with Crippen LogP contribution in [0.5, 0.6) is 5.75 Å². The molecule has 0 unspecified atom stereocenters. The maximum absolute atomic E-state index is 5.94. The third-order valence-corrected chi connectivity index (χ3v) is 5.90. The van der Waals surface area contributed by atoms with Gasteiger partial charge in [0.15, 0.2) is 0 Å². The van der Waals surface area contributed by atoms with Gasteiger partial charge in [-0.2, -0.15) is 9.78 Å². The highest BCUT2D eigenvalue weighted by molar-refractivity contribution is 7.98. The zero-order chi connectivity index (χ0) is 21.5. The van der Waals surface area contributed by atoms with Crippen LogP contribution in [0.25, 0.3) is 0 Å². The molecular formula is C24H21ClN4OS. The van der Waals surface area contributed by atoms with Crippen molar-refractivity contribution in [2.45, 2.75) is 24.4 Å². The van der Waals surface area contributed by atoms with E-state index in [4.69, 9.17) is 16.3 Å². The van der Waals surface area contributed by atoms with Crippen molar-refractivity contribution in [3.63, 3.8) is 0 Å². The second-order valence-corrected chi connectivity index (χ2v) is 8.28. The van der Waals surface area contributed by atoms with Gasteiger partial charge in [0.25, 0.3) is 0 Å². The van der Waals surface area contributed by atoms with Gasteiger partial charge >= 0.3 is 0 Å². The number of hydrogen-bond donors (Lipinski definition) is 0. The predicted molar refractivity (Wildman–Crippen MR) is 126 cm³/mol. The van der Waals surface area contributed by atoms with Crippen LogP contribution in [-0.2, 0) is 12.4 Å². The molecule has 0 spiro atoms. The van der Waals surface area contributed by atoms with Gasteiger partial charge in [0.2, 0.25) is 5.16 Å². The fourth-order valence-electron chi connectivity index (χ4n) is 2.83. The van der Waals surface area contributed by atoms with Gasteiger partial charge < -0.3 is 4.74 Å². The zero-order valence-electron chi connectivity index (χ0n) is 17.0. The summed E-state index contributed by atoms with van der Waals surface area (Å²) in [6, 6.07) is 23.8. The standard InChI is InChI=1S/C24H21ClN4OS/c1-18-4-2-3-5-21(18)15-30-23-12-8-19(9-13-23)14-27-29-17-26-28-24(29)31-16-20-6-10-22(25)11-7-20/h2-14,17H,15-16H2,1H3/b27-14+. The second kappa shape index (κ2) is 10.3. The average molecular weight is 449 g/mol. The van der Waals surface area contributed by atoms with E-state index < -0.39 is 0 Å². The first-order valence-corrected chi connectivity index (χ1v) is 11.1. The molecule has 0 aliphatic carbocycles. The second-order valence-electron chi connectivity index (χ2n) is 6.90. The van der Waals surface area contributed by atoms with Gasteiger partial charge in [-0.05, 0) is 65.6 Å². The third kappa shape index (κ3) is 5.96. The Morgan fingerprint density at radius 2 is 1.81 bits per heavy atom. The van der Waals surface area contributed by atoms with Gasteiger partial charge in [0.1, 0.15) is 18.7 Å². The Balaban J connectivity index is 1.34. The van der Waals surface area contributed by atoms with E-state index in [0.717, 1.165) is 32.8 Å². The molecule has 156 valence electrons. The predicted octanol–water partition coefficient (Wildman–Crippen LogP) is 5.99. The number of ether oxygens (including phenoxy) is 1.